The Kier molecular flexibility index (Phi) is 2.76. The molecule has 0 saturated heterocycles. The maximum atomic E-state index is 11.4. The molecule has 1 fully saturated rings. The Morgan fingerprint density at radius 2 is 2.00 bits per heavy atom. The van der Waals surface area contributed by atoms with Crippen molar-refractivity contribution < 1.29 is 4.79 Å². The minimum atomic E-state index is -0.147. The van der Waals surface area contributed by atoms with E-state index in [2.05, 4.69) is 10.6 Å². The molecular formula is C11H15N3O. The van der Waals surface area contributed by atoms with Gasteiger partial charge in [-0.1, -0.05) is 0 Å². The molecule has 0 unspecified atom stereocenters. The second kappa shape index (κ2) is 4.21. The topological polar surface area (TPSA) is 67.1 Å². The number of benzene rings is 1. The summed E-state index contributed by atoms with van der Waals surface area (Å²) in [5, 5.41) is 5.57. The SMILES string of the molecule is Nc1ccc(NC(=O)NCC2CC2)cc1. The van der Waals surface area contributed by atoms with Gasteiger partial charge in [0.15, 0.2) is 0 Å². The van der Waals surface area contributed by atoms with Crippen LogP contribution in [0.5, 0.6) is 0 Å². The molecule has 1 aromatic carbocycles. The van der Waals surface area contributed by atoms with Crippen molar-refractivity contribution in [3.05, 3.63) is 24.3 Å². The highest BCUT2D eigenvalue weighted by molar-refractivity contribution is 5.89. The summed E-state index contributed by atoms with van der Waals surface area (Å²) in [5.74, 6) is 0.696. The number of hydrogen-bond acceptors (Lipinski definition) is 2. The Morgan fingerprint density at radius 3 is 2.60 bits per heavy atom. The van der Waals surface area contributed by atoms with E-state index in [4.69, 9.17) is 5.73 Å². The van der Waals surface area contributed by atoms with Gasteiger partial charge in [0.25, 0.3) is 0 Å². The standard InChI is InChI=1S/C11H15N3O/c12-9-3-5-10(6-4-9)14-11(15)13-7-8-1-2-8/h3-6,8H,1-2,7,12H2,(H2,13,14,15). The van der Waals surface area contributed by atoms with Gasteiger partial charge in [-0.3, -0.25) is 0 Å². The molecule has 0 aliphatic heterocycles. The van der Waals surface area contributed by atoms with Crippen molar-refractivity contribution in [1.82, 2.24) is 5.32 Å². The average molecular weight is 205 g/mol. The van der Waals surface area contributed by atoms with Gasteiger partial charge in [0.05, 0.1) is 0 Å². The summed E-state index contributed by atoms with van der Waals surface area (Å²) in [6.45, 7) is 0.779. The lowest BCUT2D eigenvalue weighted by Gasteiger charge is -2.06. The average Bonchev–Trinajstić information content (AvgIpc) is 3.02. The largest absolute Gasteiger partial charge is 0.399 e. The first kappa shape index (κ1) is 9.83. The van der Waals surface area contributed by atoms with E-state index in [1.165, 1.54) is 12.8 Å². The quantitative estimate of drug-likeness (QED) is 0.659. The van der Waals surface area contributed by atoms with Gasteiger partial charge in [0.2, 0.25) is 0 Å². The number of amides is 2. The van der Waals surface area contributed by atoms with Gasteiger partial charge in [-0.05, 0) is 43.0 Å². The first-order valence-electron chi connectivity index (χ1n) is 5.14. The minimum Gasteiger partial charge on any atom is -0.399 e. The molecule has 0 bridgehead atoms. The van der Waals surface area contributed by atoms with Crippen LogP contribution in [-0.2, 0) is 0 Å². The monoisotopic (exact) mass is 205 g/mol. The summed E-state index contributed by atoms with van der Waals surface area (Å²) in [7, 11) is 0. The summed E-state index contributed by atoms with van der Waals surface area (Å²) >= 11 is 0. The van der Waals surface area contributed by atoms with Crippen LogP contribution >= 0.6 is 0 Å². The third kappa shape index (κ3) is 3.16. The Labute approximate surface area is 88.9 Å². The van der Waals surface area contributed by atoms with Crippen LogP contribution in [0.3, 0.4) is 0 Å². The summed E-state index contributed by atoms with van der Waals surface area (Å²) in [5.41, 5.74) is 6.99. The lowest BCUT2D eigenvalue weighted by Crippen LogP contribution is -2.30. The maximum Gasteiger partial charge on any atom is 0.319 e. The lowest BCUT2D eigenvalue weighted by molar-refractivity contribution is 0.251. The molecule has 1 aliphatic carbocycles. The van der Waals surface area contributed by atoms with Crippen molar-refractivity contribution in [3.63, 3.8) is 0 Å². The lowest BCUT2D eigenvalue weighted by atomic mass is 10.3. The third-order valence-corrected chi connectivity index (χ3v) is 2.42. The van der Waals surface area contributed by atoms with E-state index in [1.54, 1.807) is 24.3 Å². The van der Waals surface area contributed by atoms with Gasteiger partial charge in [-0.15, -0.1) is 0 Å². The molecule has 0 spiro atoms. The Hall–Kier alpha value is -1.71. The molecule has 0 heterocycles. The number of nitrogens with one attached hydrogen (secondary N) is 2. The third-order valence-electron chi connectivity index (χ3n) is 2.42. The van der Waals surface area contributed by atoms with Crippen LogP contribution in [-0.4, -0.2) is 12.6 Å². The van der Waals surface area contributed by atoms with Crippen LogP contribution in [0.15, 0.2) is 24.3 Å². The summed E-state index contributed by atoms with van der Waals surface area (Å²) in [6.07, 6.45) is 2.48. The molecule has 0 aromatic heterocycles. The Morgan fingerprint density at radius 1 is 1.33 bits per heavy atom. The van der Waals surface area contributed by atoms with E-state index >= 15 is 0 Å². The fourth-order valence-corrected chi connectivity index (χ4v) is 1.30. The molecule has 2 rings (SSSR count). The number of carbonyl (C=O) groups excluding carboxylic acids is 1. The van der Waals surface area contributed by atoms with Gasteiger partial charge in [-0.2, -0.15) is 0 Å². The second-order valence-corrected chi connectivity index (χ2v) is 3.90. The highest BCUT2D eigenvalue weighted by Crippen LogP contribution is 2.27. The van der Waals surface area contributed by atoms with Gasteiger partial charge in [-0.25, -0.2) is 4.79 Å². The number of carbonyl (C=O) groups is 1. The smallest absolute Gasteiger partial charge is 0.319 e. The van der Waals surface area contributed by atoms with Crippen molar-refractivity contribution in [2.75, 3.05) is 17.6 Å². The van der Waals surface area contributed by atoms with Crippen LogP contribution < -0.4 is 16.4 Å². The Balaban J connectivity index is 1.79. The molecular weight excluding hydrogens is 190 g/mol. The van der Waals surface area contributed by atoms with E-state index in [0.29, 0.717) is 11.6 Å². The number of nitrogens with two attached hydrogens (primary N) is 1. The van der Waals surface area contributed by atoms with E-state index in [9.17, 15) is 4.79 Å². The zero-order chi connectivity index (χ0) is 10.7. The van der Waals surface area contributed by atoms with Crippen LogP contribution in [0.4, 0.5) is 16.2 Å². The Bertz CT molecular complexity index is 343. The molecule has 4 nitrogen and oxygen atoms in total. The van der Waals surface area contributed by atoms with Crippen LogP contribution in [0, 0.1) is 5.92 Å². The molecule has 15 heavy (non-hydrogen) atoms. The first-order valence-corrected chi connectivity index (χ1v) is 5.14. The maximum absolute atomic E-state index is 11.4. The molecule has 1 saturated carbocycles. The molecule has 1 aromatic rings. The van der Waals surface area contributed by atoms with Gasteiger partial charge < -0.3 is 16.4 Å². The van der Waals surface area contributed by atoms with Crippen molar-refractivity contribution in [3.8, 4) is 0 Å². The minimum absolute atomic E-state index is 0.147. The van der Waals surface area contributed by atoms with Gasteiger partial charge in [0.1, 0.15) is 0 Å². The van der Waals surface area contributed by atoms with E-state index < -0.39 is 0 Å². The van der Waals surface area contributed by atoms with E-state index in [0.717, 1.165) is 12.2 Å². The highest BCUT2D eigenvalue weighted by atomic mass is 16.2. The first-order chi connectivity index (χ1) is 7.24. The van der Waals surface area contributed by atoms with Crippen molar-refractivity contribution in [2.45, 2.75) is 12.8 Å². The highest BCUT2D eigenvalue weighted by Gasteiger charge is 2.21. The predicted octanol–water partition coefficient (Wildman–Crippen LogP) is 1.80. The zero-order valence-corrected chi connectivity index (χ0v) is 8.49. The molecule has 4 N–H and O–H groups in total. The number of nitrogen functional groups attached to an aromatic ring is 1. The van der Waals surface area contributed by atoms with Gasteiger partial charge in [0, 0.05) is 17.9 Å². The van der Waals surface area contributed by atoms with Crippen molar-refractivity contribution in [1.29, 1.82) is 0 Å². The normalized spacial score (nSPS) is 14.7. The van der Waals surface area contributed by atoms with Crippen LogP contribution in [0.1, 0.15) is 12.8 Å². The van der Waals surface area contributed by atoms with Crippen LogP contribution in [0.25, 0.3) is 0 Å². The molecule has 0 atom stereocenters. The van der Waals surface area contributed by atoms with E-state index in [-0.39, 0.29) is 6.03 Å². The number of urea groups is 1. The molecule has 1 aliphatic rings. The number of hydrogen-bond donors (Lipinski definition) is 3. The molecule has 4 heteroatoms. The fraction of sp³-hybridized carbons (Fsp3) is 0.364. The summed E-state index contributed by atoms with van der Waals surface area (Å²) in [4.78, 5) is 11.4. The van der Waals surface area contributed by atoms with Crippen molar-refractivity contribution >= 4 is 17.4 Å². The van der Waals surface area contributed by atoms with E-state index in [1.807, 2.05) is 0 Å². The predicted molar refractivity (Wildman–Crippen MR) is 60.6 cm³/mol. The molecule has 0 radical (unpaired) electrons. The molecule has 80 valence electrons. The number of rotatable bonds is 3. The number of anilines is 2. The summed E-state index contributed by atoms with van der Waals surface area (Å²) < 4.78 is 0. The van der Waals surface area contributed by atoms with Gasteiger partial charge >= 0.3 is 6.03 Å². The molecule has 2 amide bonds. The van der Waals surface area contributed by atoms with Crippen molar-refractivity contribution in [2.24, 2.45) is 5.92 Å². The van der Waals surface area contributed by atoms with Crippen LogP contribution in [0.2, 0.25) is 0 Å². The zero-order valence-electron chi connectivity index (χ0n) is 8.49. The summed E-state index contributed by atoms with van der Waals surface area (Å²) in [6, 6.07) is 6.94. The second-order valence-electron chi connectivity index (χ2n) is 3.90. The fourth-order valence-electron chi connectivity index (χ4n) is 1.30.